The number of hydrogen-bond donors (Lipinski definition) is 1. The Balaban J connectivity index is 3.26. The lowest BCUT2D eigenvalue weighted by Gasteiger charge is -2.25. The Morgan fingerprint density at radius 2 is 2.19 bits per heavy atom. The average Bonchev–Trinajstić information content (AvgIpc) is 2.42. The van der Waals surface area contributed by atoms with Crippen LogP contribution in [0, 0.1) is 16.0 Å². The maximum atomic E-state index is 11.1. The van der Waals surface area contributed by atoms with Crippen LogP contribution in [0.4, 0.5) is 11.5 Å². The van der Waals surface area contributed by atoms with Crippen molar-refractivity contribution in [2.24, 2.45) is 5.92 Å². The molecule has 0 aromatic carbocycles. The molecule has 8 heteroatoms. The van der Waals surface area contributed by atoms with Crippen LogP contribution >= 0.6 is 0 Å². The van der Waals surface area contributed by atoms with Gasteiger partial charge in [-0.2, -0.15) is 0 Å². The Morgan fingerprint density at radius 1 is 1.52 bits per heavy atom. The third-order valence-electron chi connectivity index (χ3n) is 2.72. The van der Waals surface area contributed by atoms with Gasteiger partial charge in [-0.25, -0.2) is 9.78 Å². The van der Waals surface area contributed by atoms with E-state index in [1.54, 1.807) is 4.90 Å². The molecule has 1 aromatic heterocycles. The van der Waals surface area contributed by atoms with Gasteiger partial charge >= 0.3 is 11.7 Å². The molecule has 0 bridgehead atoms. The number of pyridine rings is 1. The lowest BCUT2D eigenvalue weighted by atomic mass is 10.2. The van der Waals surface area contributed by atoms with Gasteiger partial charge in [-0.1, -0.05) is 13.8 Å². The second-order valence-corrected chi connectivity index (χ2v) is 4.93. The SMILES string of the molecule is COCCN(CC(C)C)c1nc(C(=O)O)ccc1[N+](=O)[O-]. The van der Waals surface area contributed by atoms with Crippen molar-refractivity contribution in [2.75, 3.05) is 31.7 Å². The summed E-state index contributed by atoms with van der Waals surface area (Å²) in [4.78, 5) is 27.2. The minimum atomic E-state index is -1.22. The molecule has 0 radical (unpaired) electrons. The van der Waals surface area contributed by atoms with Crippen molar-refractivity contribution in [1.29, 1.82) is 0 Å². The molecule has 0 saturated heterocycles. The Morgan fingerprint density at radius 3 is 2.67 bits per heavy atom. The predicted molar refractivity (Wildman–Crippen MR) is 76.8 cm³/mol. The lowest BCUT2D eigenvalue weighted by molar-refractivity contribution is -0.384. The number of carbonyl (C=O) groups is 1. The van der Waals surface area contributed by atoms with Crippen molar-refractivity contribution in [3.05, 3.63) is 27.9 Å². The van der Waals surface area contributed by atoms with Gasteiger partial charge in [0.05, 0.1) is 11.5 Å². The van der Waals surface area contributed by atoms with Crippen LogP contribution in [0.5, 0.6) is 0 Å². The van der Waals surface area contributed by atoms with Crippen LogP contribution in [0.3, 0.4) is 0 Å². The zero-order valence-corrected chi connectivity index (χ0v) is 12.3. The van der Waals surface area contributed by atoms with Gasteiger partial charge in [0.1, 0.15) is 0 Å². The topological polar surface area (TPSA) is 106 Å². The van der Waals surface area contributed by atoms with Gasteiger partial charge in [-0.05, 0) is 12.0 Å². The smallest absolute Gasteiger partial charge is 0.354 e. The number of carboxylic acids is 1. The van der Waals surface area contributed by atoms with E-state index in [0.717, 1.165) is 6.07 Å². The van der Waals surface area contributed by atoms with E-state index in [1.165, 1.54) is 13.2 Å². The summed E-state index contributed by atoms with van der Waals surface area (Å²) in [6.07, 6.45) is 0. The molecule has 0 unspecified atom stereocenters. The van der Waals surface area contributed by atoms with Crippen molar-refractivity contribution < 1.29 is 19.6 Å². The van der Waals surface area contributed by atoms with E-state index < -0.39 is 10.9 Å². The number of nitrogens with zero attached hydrogens (tertiary/aromatic N) is 3. The van der Waals surface area contributed by atoms with Gasteiger partial charge in [-0.15, -0.1) is 0 Å². The maximum absolute atomic E-state index is 11.1. The van der Waals surface area contributed by atoms with Crippen LogP contribution < -0.4 is 4.90 Å². The lowest BCUT2D eigenvalue weighted by Crippen LogP contribution is -2.32. The quantitative estimate of drug-likeness (QED) is 0.576. The molecule has 1 aromatic rings. The molecular weight excluding hydrogens is 278 g/mol. The van der Waals surface area contributed by atoms with Crippen LogP contribution in [0.15, 0.2) is 12.1 Å². The van der Waals surface area contributed by atoms with E-state index in [9.17, 15) is 14.9 Å². The van der Waals surface area contributed by atoms with Gasteiger partial charge in [0.25, 0.3) is 0 Å². The average molecular weight is 297 g/mol. The Hall–Kier alpha value is -2.22. The Labute approximate surface area is 122 Å². The number of anilines is 1. The van der Waals surface area contributed by atoms with Crippen LogP contribution in [0.1, 0.15) is 24.3 Å². The highest BCUT2D eigenvalue weighted by Crippen LogP contribution is 2.26. The van der Waals surface area contributed by atoms with Gasteiger partial charge in [0, 0.05) is 26.3 Å². The standard InChI is InChI=1S/C13H19N3O5/c1-9(2)8-15(6-7-21-3)12-11(16(19)20)5-4-10(14-12)13(17)18/h4-5,9H,6-8H2,1-3H3,(H,17,18). The van der Waals surface area contributed by atoms with E-state index in [4.69, 9.17) is 9.84 Å². The summed E-state index contributed by atoms with van der Waals surface area (Å²) in [6.45, 7) is 5.20. The molecular formula is C13H19N3O5. The first-order chi connectivity index (χ1) is 9.86. The molecule has 0 aliphatic rings. The monoisotopic (exact) mass is 297 g/mol. The fraction of sp³-hybridized carbons (Fsp3) is 0.538. The molecule has 21 heavy (non-hydrogen) atoms. The number of nitro groups is 1. The highest BCUT2D eigenvalue weighted by molar-refractivity contribution is 5.86. The second-order valence-electron chi connectivity index (χ2n) is 4.93. The Kier molecular flexibility index (Phi) is 6.04. The molecule has 0 aliphatic heterocycles. The van der Waals surface area contributed by atoms with Gasteiger partial charge < -0.3 is 14.7 Å². The van der Waals surface area contributed by atoms with Crippen LogP contribution in [-0.4, -0.2) is 47.8 Å². The summed E-state index contributed by atoms with van der Waals surface area (Å²) in [5.74, 6) is -0.926. The van der Waals surface area contributed by atoms with Crippen molar-refractivity contribution in [2.45, 2.75) is 13.8 Å². The predicted octanol–water partition coefficient (Wildman–Crippen LogP) is 1.80. The first-order valence-corrected chi connectivity index (χ1v) is 6.49. The molecule has 8 nitrogen and oxygen atoms in total. The van der Waals surface area contributed by atoms with Gasteiger partial charge in [0.2, 0.25) is 5.82 Å². The fourth-order valence-corrected chi connectivity index (χ4v) is 1.86. The van der Waals surface area contributed by atoms with Crippen molar-refractivity contribution in [3.8, 4) is 0 Å². The van der Waals surface area contributed by atoms with E-state index in [1.807, 2.05) is 13.8 Å². The summed E-state index contributed by atoms with van der Waals surface area (Å²) in [5, 5.41) is 20.1. The molecule has 116 valence electrons. The molecule has 0 amide bonds. The van der Waals surface area contributed by atoms with Crippen LogP contribution in [-0.2, 0) is 4.74 Å². The molecule has 1 heterocycles. The molecule has 0 fully saturated rings. The number of ether oxygens (including phenoxy) is 1. The number of aromatic carboxylic acids is 1. The van der Waals surface area contributed by atoms with Crippen molar-refractivity contribution in [3.63, 3.8) is 0 Å². The number of methoxy groups -OCH3 is 1. The molecule has 0 saturated carbocycles. The van der Waals surface area contributed by atoms with Crippen LogP contribution in [0.25, 0.3) is 0 Å². The normalized spacial score (nSPS) is 10.7. The molecule has 0 spiro atoms. The zero-order chi connectivity index (χ0) is 16.0. The minimum absolute atomic E-state index is 0.0608. The van der Waals surface area contributed by atoms with E-state index in [0.29, 0.717) is 19.7 Å². The highest BCUT2D eigenvalue weighted by Gasteiger charge is 2.23. The van der Waals surface area contributed by atoms with E-state index in [-0.39, 0.29) is 23.1 Å². The third-order valence-corrected chi connectivity index (χ3v) is 2.72. The van der Waals surface area contributed by atoms with Crippen molar-refractivity contribution in [1.82, 2.24) is 4.98 Å². The van der Waals surface area contributed by atoms with Crippen LogP contribution in [0.2, 0.25) is 0 Å². The Bertz CT molecular complexity index is 519. The molecule has 0 atom stereocenters. The third kappa shape index (κ3) is 4.67. The molecule has 1 rings (SSSR count). The number of rotatable bonds is 8. The zero-order valence-electron chi connectivity index (χ0n) is 12.3. The molecule has 0 aliphatic carbocycles. The number of hydrogen-bond acceptors (Lipinski definition) is 6. The van der Waals surface area contributed by atoms with E-state index in [2.05, 4.69) is 4.98 Å². The van der Waals surface area contributed by atoms with Gasteiger partial charge in [0.15, 0.2) is 5.69 Å². The van der Waals surface area contributed by atoms with E-state index >= 15 is 0 Å². The fourth-order valence-electron chi connectivity index (χ4n) is 1.86. The summed E-state index contributed by atoms with van der Waals surface area (Å²) in [5.41, 5.74) is -0.432. The van der Waals surface area contributed by atoms with Crippen molar-refractivity contribution >= 4 is 17.5 Å². The summed E-state index contributed by atoms with van der Waals surface area (Å²) in [7, 11) is 1.53. The summed E-state index contributed by atoms with van der Waals surface area (Å²) in [6, 6.07) is 2.31. The largest absolute Gasteiger partial charge is 0.477 e. The number of carboxylic acid groups (broad SMARTS) is 1. The second kappa shape index (κ2) is 7.53. The molecule has 1 N–H and O–H groups in total. The first-order valence-electron chi connectivity index (χ1n) is 6.49. The minimum Gasteiger partial charge on any atom is -0.477 e. The highest BCUT2D eigenvalue weighted by atomic mass is 16.6. The first kappa shape index (κ1) is 16.8. The van der Waals surface area contributed by atoms with Gasteiger partial charge in [-0.3, -0.25) is 10.1 Å². The maximum Gasteiger partial charge on any atom is 0.354 e. The summed E-state index contributed by atoms with van der Waals surface area (Å²) < 4.78 is 5.00. The number of aromatic nitrogens is 1. The summed E-state index contributed by atoms with van der Waals surface area (Å²) >= 11 is 0.